The third-order valence-corrected chi connectivity index (χ3v) is 9.03. The van der Waals surface area contributed by atoms with Crippen LogP contribution < -0.4 is 5.32 Å². The van der Waals surface area contributed by atoms with E-state index in [9.17, 15) is 14.4 Å². The predicted octanol–water partition coefficient (Wildman–Crippen LogP) is 11.6. The maximum atomic E-state index is 12.6. The average Bonchev–Trinajstić information content (AvgIpc) is 3.02. The fraction of sp³-hybridized carbons (Fsp3) is 0.923. The van der Waals surface area contributed by atoms with Crippen molar-refractivity contribution in [3.8, 4) is 0 Å². The summed E-state index contributed by atoms with van der Waals surface area (Å²) in [5, 5.41) is 11.0. The van der Waals surface area contributed by atoms with Crippen molar-refractivity contribution in [3.63, 3.8) is 0 Å². The van der Waals surface area contributed by atoms with Crippen molar-refractivity contribution < 1.29 is 24.2 Å². The van der Waals surface area contributed by atoms with E-state index in [0.717, 1.165) is 57.8 Å². The zero-order valence-electron chi connectivity index (χ0n) is 30.0. The van der Waals surface area contributed by atoms with Crippen molar-refractivity contribution in [1.82, 2.24) is 5.32 Å². The molecule has 45 heavy (non-hydrogen) atoms. The summed E-state index contributed by atoms with van der Waals surface area (Å²) < 4.78 is 5.93. The third kappa shape index (κ3) is 35.1. The highest BCUT2D eigenvalue weighted by molar-refractivity contribution is 5.80. The Morgan fingerprint density at radius 3 is 1.20 bits per heavy atom. The molecule has 2 N–H and O–H groups in total. The van der Waals surface area contributed by atoms with Crippen molar-refractivity contribution in [2.75, 3.05) is 6.54 Å². The largest absolute Gasteiger partial charge is 0.480 e. The van der Waals surface area contributed by atoms with E-state index in [-0.39, 0.29) is 24.5 Å². The highest BCUT2D eigenvalue weighted by atomic mass is 16.5. The van der Waals surface area contributed by atoms with E-state index >= 15 is 0 Å². The first-order chi connectivity index (χ1) is 22.0. The fourth-order valence-electron chi connectivity index (χ4n) is 6.10. The molecule has 1 amide bonds. The number of esters is 1. The van der Waals surface area contributed by atoms with Crippen LogP contribution in [0.1, 0.15) is 219 Å². The van der Waals surface area contributed by atoms with Crippen LogP contribution in [0.2, 0.25) is 0 Å². The van der Waals surface area contributed by atoms with E-state index in [2.05, 4.69) is 19.2 Å². The Hall–Kier alpha value is -1.59. The van der Waals surface area contributed by atoms with Crippen LogP contribution in [0.5, 0.6) is 0 Å². The van der Waals surface area contributed by atoms with Crippen molar-refractivity contribution in [3.05, 3.63) is 0 Å². The normalized spacial score (nSPS) is 11.9. The van der Waals surface area contributed by atoms with Gasteiger partial charge in [-0.25, -0.2) is 0 Å². The second kappa shape index (κ2) is 35.3. The summed E-state index contributed by atoms with van der Waals surface area (Å²) >= 11 is 0. The minimum Gasteiger partial charge on any atom is -0.480 e. The summed E-state index contributed by atoms with van der Waals surface area (Å²) in [6, 6.07) is 0. The van der Waals surface area contributed by atoms with E-state index < -0.39 is 5.97 Å². The number of unbranched alkanes of at least 4 members (excludes halogenated alkanes) is 25. The van der Waals surface area contributed by atoms with Gasteiger partial charge in [-0.3, -0.25) is 14.4 Å². The number of rotatable bonds is 36. The Kier molecular flexibility index (Phi) is 34.0. The summed E-state index contributed by atoms with van der Waals surface area (Å²) in [6.07, 6.45) is 38.2. The molecule has 0 saturated heterocycles. The molecule has 0 aliphatic carbocycles. The van der Waals surface area contributed by atoms with Crippen LogP contribution in [0.4, 0.5) is 0 Å². The van der Waals surface area contributed by atoms with Crippen LogP contribution in [0.15, 0.2) is 0 Å². The van der Waals surface area contributed by atoms with Crippen LogP contribution >= 0.6 is 0 Å². The Balaban J connectivity index is 3.81. The lowest BCUT2D eigenvalue weighted by Gasteiger charge is -2.18. The first-order valence-electron chi connectivity index (χ1n) is 19.7. The number of amides is 1. The van der Waals surface area contributed by atoms with E-state index in [4.69, 9.17) is 9.84 Å². The van der Waals surface area contributed by atoms with Gasteiger partial charge in [-0.05, 0) is 38.5 Å². The molecule has 0 bridgehead atoms. The maximum Gasteiger partial charge on any atom is 0.322 e. The molecular weight excluding hydrogens is 562 g/mol. The van der Waals surface area contributed by atoms with Gasteiger partial charge >= 0.3 is 11.9 Å². The molecule has 0 fully saturated rings. The molecule has 0 aromatic heterocycles. The van der Waals surface area contributed by atoms with Gasteiger partial charge < -0.3 is 15.2 Å². The summed E-state index contributed by atoms with van der Waals surface area (Å²) in [5.74, 6) is -1.25. The molecule has 0 spiro atoms. The molecule has 1 atom stereocenters. The zero-order valence-corrected chi connectivity index (χ0v) is 30.0. The molecular formula is C39H75NO5. The second-order valence-corrected chi connectivity index (χ2v) is 13.6. The molecule has 0 aromatic carbocycles. The predicted molar refractivity (Wildman–Crippen MR) is 190 cm³/mol. The standard InChI is InChI=1S/C39H75NO5/c1-3-5-7-9-10-11-12-13-14-15-16-17-18-19-20-21-22-24-30-34-39(44)45-36(31-27-23-8-6-4-2)32-28-25-26-29-33-37(41)40-35-38(42)43/h36H,3-35H2,1-2H3,(H,40,41)(H,42,43). The Morgan fingerprint density at radius 2 is 0.822 bits per heavy atom. The van der Waals surface area contributed by atoms with Gasteiger partial charge in [0.1, 0.15) is 12.6 Å². The zero-order chi connectivity index (χ0) is 33.1. The lowest BCUT2D eigenvalue weighted by Crippen LogP contribution is -2.28. The minimum atomic E-state index is -1.02. The van der Waals surface area contributed by atoms with Crippen molar-refractivity contribution >= 4 is 17.8 Å². The number of ether oxygens (including phenoxy) is 1. The summed E-state index contributed by atoms with van der Waals surface area (Å²) in [4.78, 5) is 34.8. The number of carbonyl (C=O) groups is 3. The Labute approximate surface area is 279 Å². The SMILES string of the molecule is CCCCCCCCCCCCCCCCCCCCCC(=O)OC(CCCCCCC)CCCCCCC(=O)NCC(=O)O. The first-order valence-corrected chi connectivity index (χ1v) is 19.7. The summed E-state index contributed by atoms with van der Waals surface area (Å²) in [7, 11) is 0. The number of carboxylic acid groups (broad SMARTS) is 1. The van der Waals surface area contributed by atoms with Crippen molar-refractivity contribution in [1.29, 1.82) is 0 Å². The highest BCUT2D eigenvalue weighted by Gasteiger charge is 2.14. The van der Waals surface area contributed by atoms with E-state index in [0.29, 0.717) is 12.8 Å². The monoisotopic (exact) mass is 638 g/mol. The number of aliphatic carboxylic acids is 1. The van der Waals surface area contributed by atoms with E-state index in [1.807, 2.05) is 0 Å². The lowest BCUT2D eigenvalue weighted by molar-refractivity contribution is -0.150. The second-order valence-electron chi connectivity index (χ2n) is 13.6. The van der Waals surface area contributed by atoms with Crippen LogP contribution in [0.3, 0.4) is 0 Å². The van der Waals surface area contributed by atoms with Crippen LogP contribution in [0.25, 0.3) is 0 Å². The van der Waals surface area contributed by atoms with Gasteiger partial charge in [-0.1, -0.05) is 168 Å². The minimum absolute atomic E-state index is 0.0123. The van der Waals surface area contributed by atoms with Gasteiger partial charge in [0.15, 0.2) is 0 Å². The number of carboxylic acids is 1. The fourth-order valence-corrected chi connectivity index (χ4v) is 6.10. The lowest BCUT2D eigenvalue weighted by atomic mass is 10.0. The van der Waals surface area contributed by atoms with Gasteiger partial charge in [-0.2, -0.15) is 0 Å². The highest BCUT2D eigenvalue weighted by Crippen LogP contribution is 2.19. The quantitative estimate of drug-likeness (QED) is 0.0526. The first kappa shape index (κ1) is 43.4. The van der Waals surface area contributed by atoms with Crippen LogP contribution in [0, 0.1) is 0 Å². The van der Waals surface area contributed by atoms with E-state index in [1.54, 1.807) is 0 Å². The molecule has 1 unspecified atom stereocenters. The van der Waals surface area contributed by atoms with Crippen molar-refractivity contribution in [2.24, 2.45) is 0 Å². The number of hydrogen-bond donors (Lipinski definition) is 2. The maximum absolute atomic E-state index is 12.6. The molecule has 0 saturated carbocycles. The summed E-state index contributed by atoms with van der Waals surface area (Å²) in [5.41, 5.74) is 0. The van der Waals surface area contributed by atoms with Crippen molar-refractivity contribution in [2.45, 2.75) is 225 Å². The smallest absolute Gasteiger partial charge is 0.322 e. The third-order valence-electron chi connectivity index (χ3n) is 9.03. The molecule has 0 aromatic rings. The van der Waals surface area contributed by atoms with E-state index in [1.165, 1.54) is 135 Å². The number of nitrogens with one attached hydrogen (secondary N) is 1. The Bertz CT molecular complexity index is 668. The molecule has 266 valence electrons. The van der Waals surface area contributed by atoms with Gasteiger partial charge in [0.25, 0.3) is 0 Å². The van der Waals surface area contributed by atoms with Gasteiger partial charge in [0, 0.05) is 12.8 Å². The summed E-state index contributed by atoms with van der Waals surface area (Å²) in [6.45, 7) is 4.19. The molecule has 0 heterocycles. The Morgan fingerprint density at radius 1 is 0.489 bits per heavy atom. The molecule has 6 heteroatoms. The van der Waals surface area contributed by atoms with Gasteiger partial charge in [0.2, 0.25) is 5.91 Å². The van der Waals surface area contributed by atoms with Crippen LogP contribution in [-0.2, 0) is 19.1 Å². The number of hydrogen-bond acceptors (Lipinski definition) is 4. The molecule has 0 aliphatic rings. The van der Waals surface area contributed by atoms with Crippen LogP contribution in [-0.4, -0.2) is 35.6 Å². The molecule has 6 nitrogen and oxygen atoms in total. The molecule has 0 rings (SSSR count). The molecule has 0 radical (unpaired) electrons. The molecule has 0 aliphatic heterocycles. The average molecular weight is 638 g/mol. The van der Waals surface area contributed by atoms with Gasteiger partial charge in [-0.15, -0.1) is 0 Å². The number of carbonyl (C=O) groups excluding carboxylic acids is 2. The topological polar surface area (TPSA) is 92.7 Å². The van der Waals surface area contributed by atoms with Gasteiger partial charge in [0.05, 0.1) is 0 Å².